The fraction of sp³-hybridized carbons (Fsp3) is 0. The van der Waals surface area contributed by atoms with Gasteiger partial charge in [0.05, 0.1) is 11.1 Å². The maximum atomic E-state index is 12.4. The van der Waals surface area contributed by atoms with Gasteiger partial charge in [-0.1, -0.05) is 44.8 Å². The Balaban J connectivity index is -0.000000911. The summed E-state index contributed by atoms with van der Waals surface area (Å²) in [5, 5.41) is 27.6. The molecule has 2 amide bonds. The largest absolute Gasteiger partial charge is 1.00 e. The van der Waals surface area contributed by atoms with E-state index in [0.29, 0.717) is 11.4 Å². The molecule has 54 heavy (non-hydrogen) atoms. The van der Waals surface area contributed by atoms with E-state index in [0.717, 1.165) is 21.9 Å². The van der Waals surface area contributed by atoms with Gasteiger partial charge in [0, 0.05) is 67.4 Å². The van der Waals surface area contributed by atoms with Crippen LogP contribution in [0.25, 0.3) is 0 Å². The molecule has 0 fully saturated rings. The van der Waals surface area contributed by atoms with Crippen LogP contribution < -0.4 is 165 Å². The second kappa shape index (κ2) is 24.9. The molecule has 0 atom stereocenters. The van der Waals surface area contributed by atoms with Crippen molar-refractivity contribution in [3.05, 3.63) is 121 Å². The number of anilines is 2. The van der Waals surface area contributed by atoms with Gasteiger partial charge in [0.15, 0.2) is 12.7 Å². The van der Waals surface area contributed by atoms with Gasteiger partial charge in [-0.3, -0.25) is 18.7 Å². The van der Waals surface area contributed by atoms with Crippen molar-refractivity contribution in [2.75, 3.05) is 10.6 Å². The first kappa shape index (κ1) is 52.1. The van der Waals surface area contributed by atoms with Crippen molar-refractivity contribution >= 4 is 67.3 Å². The standard InChI is InChI=1S/2C14H11N5O4S2.Au.3K.3H/c2*20-14(12-6-1-2-7-13(12)25(21,22)23)17-10-4-3-5-11(8-10)24-19-16-9-15-18-19;;;;;;;/h2*1-9H,(H,17,20)(H,21,22,23);;;;;;;/q;;;3*+1;3*-1. The van der Waals surface area contributed by atoms with Crippen LogP contribution in [0.4, 0.5) is 11.4 Å². The molecule has 0 saturated carbocycles. The fourth-order valence-corrected chi connectivity index (χ4v) is 6.73. The van der Waals surface area contributed by atoms with Crippen molar-refractivity contribution in [3.63, 3.8) is 0 Å². The molecule has 0 saturated heterocycles. The maximum absolute atomic E-state index is 12.4. The van der Waals surface area contributed by atoms with Crippen molar-refractivity contribution in [1.29, 1.82) is 0 Å². The van der Waals surface area contributed by atoms with Crippen molar-refractivity contribution < 1.29 is 216 Å². The second-order valence-electron chi connectivity index (χ2n) is 9.47. The van der Waals surface area contributed by atoms with E-state index in [2.05, 4.69) is 41.5 Å². The molecule has 0 aliphatic rings. The van der Waals surface area contributed by atoms with Gasteiger partial charge >= 0.3 is 154 Å². The first-order chi connectivity index (χ1) is 23.9. The van der Waals surface area contributed by atoms with Crippen LogP contribution in [0.3, 0.4) is 0 Å². The normalized spacial score (nSPS) is 10.4. The molecule has 0 unspecified atom stereocenters. The third-order valence-corrected chi connectivity index (χ3v) is 9.45. The summed E-state index contributed by atoms with van der Waals surface area (Å²) in [6.45, 7) is 0. The van der Waals surface area contributed by atoms with E-state index < -0.39 is 41.8 Å². The number of rotatable bonds is 10. The summed E-state index contributed by atoms with van der Waals surface area (Å²) in [4.78, 5) is 25.3. The molecule has 6 rings (SSSR count). The van der Waals surface area contributed by atoms with Crippen LogP contribution in [0, 0.1) is 0 Å². The van der Waals surface area contributed by atoms with Crippen LogP contribution in [-0.2, 0) is 42.6 Å². The molecule has 0 spiro atoms. The van der Waals surface area contributed by atoms with Gasteiger partial charge in [-0.15, -0.1) is 20.4 Å². The third kappa shape index (κ3) is 16.1. The summed E-state index contributed by atoms with van der Waals surface area (Å²) in [6.07, 6.45) is 2.59. The van der Waals surface area contributed by atoms with E-state index in [-0.39, 0.29) is 192 Å². The number of benzene rings is 4. The Labute approximate surface area is 464 Å². The minimum atomic E-state index is -4.50. The van der Waals surface area contributed by atoms with Gasteiger partial charge in [0.25, 0.3) is 32.1 Å². The third-order valence-electron chi connectivity index (χ3n) is 6.04. The number of amides is 2. The van der Waals surface area contributed by atoms with Crippen molar-refractivity contribution in [1.82, 2.24) is 39.2 Å². The van der Waals surface area contributed by atoms with E-state index in [1.165, 1.54) is 81.4 Å². The maximum Gasteiger partial charge on any atom is 1.00 e. The molecule has 4 N–H and O–H groups in total. The molecule has 6 aromatic rings. The second-order valence-corrected chi connectivity index (χ2v) is 14.2. The number of aromatic nitrogens is 8. The Kier molecular flexibility index (Phi) is 24.1. The van der Waals surface area contributed by atoms with E-state index >= 15 is 0 Å². The molecule has 1 radical (unpaired) electrons. The van der Waals surface area contributed by atoms with E-state index in [1.807, 2.05) is 0 Å². The smallest absolute Gasteiger partial charge is 1.00 e. The van der Waals surface area contributed by atoms with Gasteiger partial charge in [0.2, 0.25) is 0 Å². The number of hydrogen-bond acceptors (Lipinski definition) is 14. The monoisotopic (exact) mass is 1070 g/mol. The molecule has 0 bridgehead atoms. The summed E-state index contributed by atoms with van der Waals surface area (Å²) in [5.41, 5.74) is 0.586. The first-order valence-electron chi connectivity index (χ1n) is 13.7. The van der Waals surface area contributed by atoms with Crippen molar-refractivity contribution in [2.45, 2.75) is 19.6 Å². The molecule has 0 aliphatic heterocycles. The van der Waals surface area contributed by atoms with Gasteiger partial charge < -0.3 is 14.9 Å². The fourth-order valence-electron chi connectivity index (χ4n) is 4.00. The molecular weight excluding hydrogens is 1050 g/mol. The van der Waals surface area contributed by atoms with Crippen LogP contribution in [0.2, 0.25) is 0 Å². The molecule has 4 aromatic carbocycles. The minimum Gasteiger partial charge on any atom is -1.00 e. The van der Waals surface area contributed by atoms with Crippen LogP contribution >= 0.6 is 23.9 Å². The number of carbonyl (C=O) groups excluding carboxylic acids is 2. The molecule has 2 aromatic heterocycles. The molecule has 26 heteroatoms. The Morgan fingerprint density at radius 3 is 1.30 bits per heavy atom. The van der Waals surface area contributed by atoms with Gasteiger partial charge in [-0.05, 0) is 71.1 Å². The number of hydrogen-bond donors (Lipinski definition) is 4. The predicted molar refractivity (Wildman–Crippen MR) is 183 cm³/mol. The minimum absolute atomic E-state index is 0. The van der Waals surface area contributed by atoms with Crippen LogP contribution in [0.1, 0.15) is 25.0 Å². The predicted octanol–water partition coefficient (Wildman–Crippen LogP) is -5.20. The molecule has 273 valence electrons. The number of tetrazole rings is 2. The zero-order valence-corrected chi connectivity index (χ0v) is 43.1. The average molecular weight is 1070 g/mol. The Bertz CT molecular complexity index is 2220. The Hall–Kier alpha value is 0.129. The number of carbonyl (C=O) groups is 2. The topological polar surface area (TPSA) is 254 Å². The summed E-state index contributed by atoms with van der Waals surface area (Å²) in [7, 11) is -9.01. The van der Waals surface area contributed by atoms with Crippen LogP contribution in [0.15, 0.2) is 129 Å². The van der Waals surface area contributed by atoms with Gasteiger partial charge in [0.1, 0.15) is 9.79 Å². The zero-order valence-electron chi connectivity index (χ0n) is 31.2. The summed E-state index contributed by atoms with van der Waals surface area (Å²) < 4.78 is 66.6. The van der Waals surface area contributed by atoms with Crippen molar-refractivity contribution in [3.8, 4) is 0 Å². The van der Waals surface area contributed by atoms with E-state index in [4.69, 9.17) is 0 Å². The van der Waals surface area contributed by atoms with Crippen LogP contribution in [-0.4, -0.2) is 77.0 Å². The Morgan fingerprint density at radius 1 is 0.593 bits per heavy atom. The van der Waals surface area contributed by atoms with E-state index in [1.54, 1.807) is 48.5 Å². The summed E-state index contributed by atoms with van der Waals surface area (Å²) >= 11 is 2.37. The SMILES string of the molecule is O=C(Nc1cccc(Sn2ncnn2)c1)c1ccccc1S(=O)(=O)O.O=C(Nc1cccc(Sn2ncnn2)c1)c1ccccc1S(=O)(=O)O.[Au].[H-].[H-].[H-].[K+].[K+].[K+]. The van der Waals surface area contributed by atoms with Gasteiger partial charge in [-0.2, -0.15) is 16.8 Å². The molecule has 0 aliphatic carbocycles. The molecular formula is C28H25AuK3N10O8S4. The number of nitrogens with one attached hydrogen (secondary N) is 2. The molecule has 18 nitrogen and oxygen atoms in total. The number of nitrogens with zero attached hydrogens (tertiary/aromatic N) is 8. The zero-order chi connectivity index (χ0) is 35.7. The quantitative estimate of drug-likeness (QED) is 0.0739. The summed E-state index contributed by atoms with van der Waals surface area (Å²) in [6, 6.07) is 24.4. The molecule has 2 heterocycles. The van der Waals surface area contributed by atoms with Gasteiger partial charge in [-0.25, -0.2) is 0 Å². The average Bonchev–Trinajstić information content (AvgIpc) is 3.79. The Morgan fingerprint density at radius 2 is 0.963 bits per heavy atom. The first-order valence-corrected chi connectivity index (χ1v) is 18.1. The van der Waals surface area contributed by atoms with Crippen LogP contribution in [0.5, 0.6) is 0 Å². The van der Waals surface area contributed by atoms with Crippen molar-refractivity contribution in [2.24, 2.45) is 0 Å². The van der Waals surface area contributed by atoms with E-state index in [9.17, 15) is 35.5 Å². The summed E-state index contributed by atoms with van der Waals surface area (Å²) in [5.74, 6) is -1.32.